The molecule has 208 valence electrons. The minimum atomic E-state index is -1.34. The van der Waals surface area contributed by atoms with Crippen molar-refractivity contribution < 1.29 is 19.1 Å². The van der Waals surface area contributed by atoms with Gasteiger partial charge < -0.3 is 15.0 Å². The second kappa shape index (κ2) is 9.55. The molecule has 1 saturated heterocycles. The van der Waals surface area contributed by atoms with Crippen molar-refractivity contribution in [3.05, 3.63) is 131 Å². The number of benzene rings is 4. The zero-order valence-corrected chi connectivity index (χ0v) is 23.6. The van der Waals surface area contributed by atoms with Gasteiger partial charge in [-0.25, -0.2) is 0 Å². The molecule has 42 heavy (non-hydrogen) atoms. The summed E-state index contributed by atoms with van der Waals surface area (Å²) in [5.74, 6) is -1.11. The predicted molar refractivity (Wildman–Crippen MR) is 163 cm³/mol. The molecule has 0 bridgehead atoms. The van der Waals surface area contributed by atoms with Gasteiger partial charge in [0.25, 0.3) is 0 Å². The Hall–Kier alpha value is -4.97. The van der Waals surface area contributed by atoms with Crippen LogP contribution in [0.4, 0.5) is 11.4 Å². The van der Waals surface area contributed by atoms with Gasteiger partial charge in [0.15, 0.2) is 11.6 Å². The number of carbonyl (C=O) groups excluding carboxylic acids is 3. The molecule has 6 heteroatoms. The maximum absolute atomic E-state index is 14.9. The highest BCUT2D eigenvalue weighted by molar-refractivity contribution is 6.18. The molecule has 0 radical (unpaired) electrons. The molecule has 1 amide bonds. The highest BCUT2D eigenvalue weighted by Crippen LogP contribution is 2.59. The number of nitrogens with zero attached hydrogens (tertiary/aromatic N) is 1. The van der Waals surface area contributed by atoms with Gasteiger partial charge in [0.05, 0.1) is 19.1 Å². The van der Waals surface area contributed by atoms with Gasteiger partial charge in [0, 0.05) is 28.1 Å². The van der Waals surface area contributed by atoms with Crippen LogP contribution in [0.3, 0.4) is 0 Å². The molecule has 0 unspecified atom stereocenters. The minimum Gasteiger partial charge on any atom is -0.497 e. The molecule has 1 spiro atoms. The Bertz CT molecular complexity index is 1790. The lowest BCUT2D eigenvalue weighted by molar-refractivity contribution is -0.121. The van der Waals surface area contributed by atoms with Crippen molar-refractivity contribution in [2.45, 2.75) is 31.3 Å². The van der Waals surface area contributed by atoms with Crippen LogP contribution in [-0.2, 0) is 10.2 Å². The topological polar surface area (TPSA) is 75.7 Å². The van der Waals surface area contributed by atoms with Crippen LogP contribution in [0.25, 0.3) is 5.57 Å². The second-order valence-corrected chi connectivity index (χ2v) is 11.3. The Morgan fingerprint density at radius 2 is 1.52 bits per heavy atom. The Kier molecular flexibility index (Phi) is 5.91. The number of ether oxygens (including phenoxy) is 1. The summed E-state index contributed by atoms with van der Waals surface area (Å²) in [6.45, 7) is 4.07. The van der Waals surface area contributed by atoms with Crippen molar-refractivity contribution in [3.63, 3.8) is 0 Å². The van der Waals surface area contributed by atoms with Crippen molar-refractivity contribution in [2.24, 2.45) is 5.92 Å². The lowest BCUT2D eigenvalue weighted by Gasteiger charge is -2.39. The first-order chi connectivity index (χ1) is 20.4. The van der Waals surface area contributed by atoms with E-state index in [0.717, 1.165) is 28.0 Å². The number of para-hydroxylation sites is 1. The highest BCUT2D eigenvalue weighted by atomic mass is 16.5. The third kappa shape index (κ3) is 3.54. The number of anilines is 2. The van der Waals surface area contributed by atoms with E-state index >= 15 is 0 Å². The van der Waals surface area contributed by atoms with Gasteiger partial charge in [-0.1, -0.05) is 66.2 Å². The molecular formula is C36H30N2O4. The van der Waals surface area contributed by atoms with E-state index in [1.807, 2.05) is 73.3 Å². The first-order valence-corrected chi connectivity index (χ1v) is 14.1. The highest BCUT2D eigenvalue weighted by Gasteiger charge is 2.70. The number of allylic oxidation sites excluding steroid dienone is 1. The molecule has 7 rings (SSSR count). The van der Waals surface area contributed by atoms with Gasteiger partial charge in [-0.15, -0.1) is 0 Å². The maximum Gasteiger partial charge on any atom is 0.238 e. The number of fused-ring (bicyclic) bond motifs is 6. The fourth-order valence-electron chi connectivity index (χ4n) is 7.25. The molecule has 4 aromatic carbocycles. The minimum absolute atomic E-state index is 0.194. The molecule has 1 N–H and O–H groups in total. The number of amides is 1. The smallest absolute Gasteiger partial charge is 0.238 e. The standard InChI is InChI=1S/C36H30N2O4/c1-21-13-18-29-26(19-21)22(2)20-30-36(27-11-7-8-12-28(27)37-35(36)41)31(33(39)24-14-16-25(42-3)17-15-24)32(38(29)30)34(40)23-9-5-4-6-10-23/h4-20,30-32H,1-3H3,(H,37,41)/t30-,31-,32+,36-/m0/s1. The summed E-state index contributed by atoms with van der Waals surface area (Å²) in [7, 11) is 1.57. The molecule has 0 aromatic heterocycles. The summed E-state index contributed by atoms with van der Waals surface area (Å²) in [6.07, 6.45) is 2.08. The quantitative estimate of drug-likeness (QED) is 0.295. The van der Waals surface area contributed by atoms with E-state index < -0.39 is 23.4 Å². The summed E-state index contributed by atoms with van der Waals surface area (Å²) >= 11 is 0. The van der Waals surface area contributed by atoms with E-state index in [4.69, 9.17) is 4.74 Å². The number of hydrogen-bond donors (Lipinski definition) is 1. The third-order valence-corrected chi connectivity index (χ3v) is 9.12. The summed E-state index contributed by atoms with van der Waals surface area (Å²) in [5, 5.41) is 3.09. The van der Waals surface area contributed by atoms with E-state index in [1.54, 1.807) is 43.5 Å². The largest absolute Gasteiger partial charge is 0.497 e. The van der Waals surface area contributed by atoms with Crippen molar-refractivity contribution in [1.82, 2.24) is 0 Å². The van der Waals surface area contributed by atoms with Crippen molar-refractivity contribution >= 4 is 34.4 Å². The van der Waals surface area contributed by atoms with Crippen molar-refractivity contribution in [2.75, 3.05) is 17.3 Å². The lowest BCUT2D eigenvalue weighted by Crippen LogP contribution is -2.51. The number of nitrogens with one attached hydrogen (secondary N) is 1. The fourth-order valence-corrected chi connectivity index (χ4v) is 7.25. The maximum atomic E-state index is 14.9. The molecule has 1 fully saturated rings. The zero-order valence-electron chi connectivity index (χ0n) is 23.6. The van der Waals surface area contributed by atoms with E-state index in [2.05, 4.69) is 17.5 Å². The molecule has 0 aliphatic carbocycles. The summed E-state index contributed by atoms with van der Waals surface area (Å²) in [5.41, 5.74) is 4.93. The van der Waals surface area contributed by atoms with E-state index in [1.165, 1.54) is 0 Å². The fraction of sp³-hybridized carbons (Fsp3) is 0.194. The molecule has 3 aliphatic rings. The summed E-state index contributed by atoms with van der Waals surface area (Å²) < 4.78 is 5.34. The van der Waals surface area contributed by atoms with Crippen molar-refractivity contribution in [3.8, 4) is 5.75 Å². The van der Waals surface area contributed by atoms with Gasteiger partial charge in [-0.05, 0) is 67.4 Å². The Morgan fingerprint density at radius 3 is 2.26 bits per heavy atom. The molecule has 3 heterocycles. The number of Topliss-reactive ketones (excluding diaryl/α,β-unsaturated/α-hetero) is 2. The van der Waals surface area contributed by atoms with Crippen LogP contribution in [0.1, 0.15) is 44.3 Å². The SMILES string of the molecule is COc1ccc(C(=O)[C@@H]2[C@H](C(=O)c3ccccc3)N3c4ccc(C)cc4C(C)=C[C@H]3[C@]23C(=O)Nc2ccccc23)cc1. The molecule has 4 atom stereocenters. The number of rotatable bonds is 5. The second-order valence-electron chi connectivity index (χ2n) is 11.3. The average Bonchev–Trinajstić information content (AvgIpc) is 3.49. The van der Waals surface area contributed by atoms with Crippen LogP contribution < -0.4 is 15.0 Å². The van der Waals surface area contributed by atoms with Gasteiger partial charge in [0.2, 0.25) is 5.91 Å². The Morgan fingerprint density at radius 1 is 0.833 bits per heavy atom. The van der Waals surface area contributed by atoms with Gasteiger partial charge >= 0.3 is 0 Å². The van der Waals surface area contributed by atoms with Gasteiger partial charge in [0.1, 0.15) is 17.2 Å². The van der Waals surface area contributed by atoms with Crippen LogP contribution in [0, 0.1) is 12.8 Å². The van der Waals surface area contributed by atoms with E-state index in [-0.39, 0.29) is 17.5 Å². The van der Waals surface area contributed by atoms with Gasteiger partial charge in [-0.3, -0.25) is 14.4 Å². The zero-order chi connectivity index (χ0) is 29.2. The molecule has 3 aliphatic heterocycles. The van der Waals surface area contributed by atoms with Crippen molar-refractivity contribution in [1.29, 1.82) is 0 Å². The van der Waals surface area contributed by atoms with Crippen LogP contribution in [-0.4, -0.2) is 36.7 Å². The molecule has 6 nitrogen and oxygen atoms in total. The number of aryl methyl sites for hydroxylation is 1. The summed E-state index contributed by atoms with van der Waals surface area (Å²) in [4.78, 5) is 46.1. The number of ketones is 2. The third-order valence-electron chi connectivity index (χ3n) is 9.12. The first kappa shape index (κ1) is 26.0. The monoisotopic (exact) mass is 554 g/mol. The van der Waals surface area contributed by atoms with Crippen LogP contribution >= 0.6 is 0 Å². The molecular weight excluding hydrogens is 524 g/mol. The van der Waals surface area contributed by atoms with Crippen LogP contribution in [0.15, 0.2) is 103 Å². The van der Waals surface area contributed by atoms with Gasteiger partial charge in [-0.2, -0.15) is 0 Å². The van der Waals surface area contributed by atoms with Crippen LogP contribution in [0.2, 0.25) is 0 Å². The normalized spacial score (nSPS) is 23.5. The Balaban J connectivity index is 1.55. The van der Waals surface area contributed by atoms with E-state index in [0.29, 0.717) is 22.6 Å². The molecule has 0 saturated carbocycles. The first-order valence-electron chi connectivity index (χ1n) is 14.1. The average molecular weight is 555 g/mol. The number of methoxy groups -OCH3 is 1. The van der Waals surface area contributed by atoms with Crippen LogP contribution in [0.5, 0.6) is 5.75 Å². The van der Waals surface area contributed by atoms with E-state index in [9.17, 15) is 14.4 Å². The lowest BCUT2D eigenvalue weighted by atomic mass is 9.64. The number of carbonyl (C=O) groups is 3. The predicted octanol–water partition coefficient (Wildman–Crippen LogP) is 6.25. The number of hydrogen-bond acceptors (Lipinski definition) is 5. The summed E-state index contributed by atoms with van der Waals surface area (Å²) in [6, 6.07) is 28.2. The Labute approximate surface area is 244 Å². The molecule has 4 aromatic rings.